The second-order valence-electron chi connectivity index (χ2n) is 5.82. The van der Waals surface area contributed by atoms with Gasteiger partial charge in [-0.1, -0.05) is 59.3 Å². The lowest BCUT2D eigenvalue weighted by Crippen LogP contribution is -2.44. The Kier molecular flexibility index (Phi) is 25.1. The lowest BCUT2D eigenvalue weighted by Gasteiger charge is -2.15. The van der Waals surface area contributed by atoms with Crippen LogP contribution in [0.2, 0.25) is 0 Å². The van der Waals surface area contributed by atoms with Crippen LogP contribution in [0, 0.1) is 5.92 Å². The molecule has 1 rings (SSSR count). The Bertz CT molecular complexity index is 283. The predicted octanol–water partition coefficient (Wildman–Crippen LogP) is 0.875. The summed E-state index contributed by atoms with van der Waals surface area (Å²) in [6.07, 6.45) is 9.08. The summed E-state index contributed by atoms with van der Waals surface area (Å²) in [6, 6.07) is -0.658. The van der Waals surface area contributed by atoms with Crippen molar-refractivity contribution in [3.05, 3.63) is 0 Å². The molecular weight excluding hydrogens is 308 g/mol. The summed E-state index contributed by atoms with van der Waals surface area (Å²) in [5.41, 5.74) is 15.3. The first-order valence-corrected chi connectivity index (χ1v) is 8.85. The van der Waals surface area contributed by atoms with Gasteiger partial charge in [-0.05, 0) is 18.9 Å². The van der Waals surface area contributed by atoms with E-state index in [2.05, 4.69) is 26.1 Å². The van der Waals surface area contributed by atoms with Gasteiger partial charge in [0, 0.05) is 7.11 Å². The second kappa shape index (κ2) is 21.8. The lowest BCUT2D eigenvalue weighted by molar-refractivity contribution is -0.125. The van der Waals surface area contributed by atoms with E-state index < -0.39 is 17.9 Å². The normalized spacial score (nSPS) is 14.5. The van der Waals surface area contributed by atoms with Gasteiger partial charge in [0.1, 0.15) is 0 Å². The number of nitrogens with one attached hydrogen (secondary N) is 1. The Morgan fingerprint density at radius 3 is 1.92 bits per heavy atom. The molecule has 146 valence electrons. The van der Waals surface area contributed by atoms with E-state index in [1.807, 2.05) is 0 Å². The summed E-state index contributed by atoms with van der Waals surface area (Å²) in [5.74, 6) is 0.0382. The molecule has 8 N–H and O–H groups in total. The number of carbonyl (C=O) groups is 2. The molecule has 7 heteroatoms. The fourth-order valence-electron chi connectivity index (χ4n) is 1.92. The van der Waals surface area contributed by atoms with Crippen LogP contribution < -0.4 is 22.5 Å². The number of rotatable bonds is 5. The number of amides is 2. The number of hydrogen-bond donors (Lipinski definition) is 5. The van der Waals surface area contributed by atoms with Crippen molar-refractivity contribution in [2.75, 3.05) is 20.2 Å². The molecule has 2 amide bonds. The van der Waals surface area contributed by atoms with Gasteiger partial charge in [0.05, 0.1) is 12.6 Å². The SMILES string of the molecule is CC1CCCCC1.CCC.CO.NCCC(N)C(=O)NCC(N)=O. The molecular formula is C17H40N4O3. The average molecular weight is 349 g/mol. The Balaban J connectivity index is -0.000000309. The van der Waals surface area contributed by atoms with Gasteiger partial charge < -0.3 is 27.6 Å². The lowest BCUT2D eigenvalue weighted by atomic mass is 9.91. The van der Waals surface area contributed by atoms with Crippen LogP contribution in [-0.2, 0) is 9.59 Å². The fraction of sp³-hybridized carbons (Fsp3) is 0.882. The minimum atomic E-state index is -0.658. The average Bonchev–Trinajstić information content (AvgIpc) is 2.56. The van der Waals surface area contributed by atoms with Crippen molar-refractivity contribution in [3.63, 3.8) is 0 Å². The van der Waals surface area contributed by atoms with Gasteiger partial charge in [0.15, 0.2) is 0 Å². The maximum absolute atomic E-state index is 10.9. The first-order valence-electron chi connectivity index (χ1n) is 8.85. The molecule has 7 nitrogen and oxygen atoms in total. The number of nitrogens with two attached hydrogens (primary N) is 3. The summed E-state index contributed by atoms with van der Waals surface area (Å²) >= 11 is 0. The molecule has 1 aliphatic rings. The number of carbonyl (C=O) groups excluding carboxylic acids is 2. The summed E-state index contributed by atoms with van der Waals surface area (Å²) in [6.45, 7) is 6.77. The predicted molar refractivity (Wildman–Crippen MR) is 100 cm³/mol. The molecule has 0 aromatic rings. The second-order valence-corrected chi connectivity index (χ2v) is 5.82. The van der Waals surface area contributed by atoms with Crippen LogP contribution >= 0.6 is 0 Å². The zero-order valence-corrected chi connectivity index (χ0v) is 16.0. The molecule has 1 fully saturated rings. The van der Waals surface area contributed by atoms with Crippen molar-refractivity contribution in [1.29, 1.82) is 0 Å². The molecule has 0 aliphatic heterocycles. The van der Waals surface area contributed by atoms with Crippen molar-refractivity contribution in [3.8, 4) is 0 Å². The summed E-state index contributed by atoms with van der Waals surface area (Å²) in [4.78, 5) is 21.2. The van der Waals surface area contributed by atoms with Gasteiger partial charge in [0.2, 0.25) is 11.8 Å². The monoisotopic (exact) mass is 348 g/mol. The first-order chi connectivity index (χ1) is 11.4. The van der Waals surface area contributed by atoms with Crippen molar-refractivity contribution in [2.24, 2.45) is 23.1 Å². The van der Waals surface area contributed by atoms with Crippen molar-refractivity contribution in [1.82, 2.24) is 5.32 Å². The molecule has 1 atom stereocenters. The van der Waals surface area contributed by atoms with Gasteiger partial charge in [-0.25, -0.2) is 0 Å². The topological polar surface area (TPSA) is 144 Å². The largest absolute Gasteiger partial charge is 0.400 e. The molecule has 0 heterocycles. The number of aliphatic hydroxyl groups is 1. The van der Waals surface area contributed by atoms with Gasteiger partial charge in [-0.3, -0.25) is 9.59 Å². The highest BCUT2D eigenvalue weighted by Gasteiger charge is 2.11. The van der Waals surface area contributed by atoms with Crippen LogP contribution in [0.25, 0.3) is 0 Å². The Labute approximate surface area is 147 Å². The molecule has 0 aromatic heterocycles. The van der Waals surface area contributed by atoms with E-state index in [0.717, 1.165) is 13.0 Å². The third-order valence-corrected chi connectivity index (χ3v) is 3.15. The summed E-state index contributed by atoms with van der Waals surface area (Å²) in [7, 11) is 1.00. The Morgan fingerprint density at radius 2 is 1.62 bits per heavy atom. The molecule has 0 saturated heterocycles. The van der Waals surface area contributed by atoms with E-state index in [9.17, 15) is 9.59 Å². The molecule has 0 radical (unpaired) electrons. The smallest absolute Gasteiger partial charge is 0.237 e. The minimum absolute atomic E-state index is 0.183. The van der Waals surface area contributed by atoms with Gasteiger partial charge in [-0.15, -0.1) is 0 Å². The molecule has 0 bridgehead atoms. The quantitative estimate of drug-likeness (QED) is 0.501. The number of primary amides is 1. The van der Waals surface area contributed by atoms with E-state index in [4.69, 9.17) is 22.3 Å². The van der Waals surface area contributed by atoms with Crippen LogP contribution in [-0.4, -0.2) is 43.2 Å². The molecule has 24 heavy (non-hydrogen) atoms. The number of aliphatic hydroxyl groups excluding tert-OH is 1. The van der Waals surface area contributed by atoms with E-state index >= 15 is 0 Å². The third kappa shape index (κ3) is 23.1. The molecule has 0 aromatic carbocycles. The molecule has 1 unspecified atom stereocenters. The van der Waals surface area contributed by atoms with Crippen LogP contribution in [0.3, 0.4) is 0 Å². The number of hydrogen-bond acceptors (Lipinski definition) is 5. The van der Waals surface area contributed by atoms with E-state index in [-0.39, 0.29) is 6.54 Å². The minimum Gasteiger partial charge on any atom is -0.400 e. The van der Waals surface area contributed by atoms with Crippen LogP contribution in [0.1, 0.15) is 65.7 Å². The van der Waals surface area contributed by atoms with Crippen molar-refractivity contribution >= 4 is 11.8 Å². The fourth-order valence-corrected chi connectivity index (χ4v) is 1.92. The van der Waals surface area contributed by atoms with E-state index in [1.54, 1.807) is 0 Å². The highest BCUT2D eigenvalue weighted by atomic mass is 16.2. The standard InChI is InChI=1S/C7H14.C6H14N4O2.C3H8.CH4O/c1-7-5-3-2-4-6-7;7-2-1-4(8)6(12)10-3-5(9)11;1-3-2;1-2/h7H,2-6H2,1H3;4H,1-3,7-8H2,(H2,9,11)(H,10,12);3H2,1-2H3;2H,1H3. The Morgan fingerprint density at radius 1 is 1.17 bits per heavy atom. The van der Waals surface area contributed by atoms with E-state index in [1.165, 1.54) is 38.5 Å². The summed E-state index contributed by atoms with van der Waals surface area (Å²) < 4.78 is 0. The van der Waals surface area contributed by atoms with Gasteiger partial charge >= 0.3 is 0 Å². The van der Waals surface area contributed by atoms with Crippen molar-refractivity contribution in [2.45, 2.75) is 71.8 Å². The zero-order valence-electron chi connectivity index (χ0n) is 16.0. The maximum Gasteiger partial charge on any atom is 0.237 e. The van der Waals surface area contributed by atoms with Gasteiger partial charge in [-0.2, -0.15) is 0 Å². The molecule has 1 saturated carbocycles. The molecule has 1 aliphatic carbocycles. The van der Waals surface area contributed by atoms with Crippen LogP contribution in [0.15, 0.2) is 0 Å². The van der Waals surface area contributed by atoms with Gasteiger partial charge in [0.25, 0.3) is 0 Å². The highest BCUT2D eigenvalue weighted by molar-refractivity contribution is 5.86. The van der Waals surface area contributed by atoms with Crippen molar-refractivity contribution < 1.29 is 14.7 Å². The van der Waals surface area contributed by atoms with Crippen LogP contribution in [0.5, 0.6) is 0 Å². The zero-order chi connectivity index (χ0) is 19.4. The first kappa shape index (κ1) is 27.7. The van der Waals surface area contributed by atoms with E-state index in [0.29, 0.717) is 13.0 Å². The Hall–Kier alpha value is -1.18. The highest BCUT2D eigenvalue weighted by Crippen LogP contribution is 2.22. The molecule has 0 spiro atoms. The van der Waals surface area contributed by atoms with Crippen LogP contribution in [0.4, 0.5) is 0 Å². The summed E-state index contributed by atoms with van der Waals surface area (Å²) in [5, 5.41) is 9.27. The third-order valence-electron chi connectivity index (χ3n) is 3.15. The maximum atomic E-state index is 10.9.